The number of pyridine rings is 1. The van der Waals surface area contributed by atoms with Crippen molar-refractivity contribution in [3.63, 3.8) is 0 Å². The summed E-state index contributed by atoms with van der Waals surface area (Å²) in [5.41, 5.74) is 7.17. The van der Waals surface area contributed by atoms with Gasteiger partial charge in [-0.15, -0.1) is 0 Å². The average molecular weight is 274 g/mol. The highest BCUT2D eigenvalue weighted by Crippen LogP contribution is 2.17. The number of hydrogen-bond donors (Lipinski definition) is 3. The molecule has 0 radical (unpaired) electrons. The third kappa shape index (κ3) is 4.76. The average Bonchev–Trinajstić information content (AvgIpc) is 2.40. The first-order chi connectivity index (χ1) is 9.60. The van der Waals surface area contributed by atoms with Gasteiger partial charge in [0, 0.05) is 17.6 Å². The predicted molar refractivity (Wildman–Crippen MR) is 84.8 cm³/mol. The molecule has 0 aliphatic heterocycles. The van der Waals surface area contributed by atoms with E-state index in [0.29, 0.717) is 18.1 Å². The van der Waals surface area contributed by atoms with Gasteiger partial charge in [-0.1, -0.05) is 20.3 Å². The zero-order valence-corrected chi connectivity index (χ0v) is 12.2. The van der Waals surface area contributed by atoms with Gasteiger partial charge in [0.25, 0.3) is 0 Å². The first-order valence-electron chi connectivity index (χ1n) is 6.81. The highest BCUT2D eigenvalue weighted by Gasteiger charge is 2.02. The van der Waals surface area contributed by atoms with Crippen LogP contribution in [0.2, 0.25) is 0 Å². The molecule has 0 bridgehead atoms. The number of urea groups is 1. The fraction of sp³-hybridized carbons (Fsp3) is 0.333. The van der Waals surface area contributed by atoms with Gasteiger partial charge in [0.2, 0.25) is 0 Å². The summed E-state index contributed by atoms with van der Waals surface area (Å²) in [4.78, 5) is 15.6. The molecule has 5 nitrogen and oxygen atoms in total. The Bertz CT molecular complexity index is 569. The molecule has 2 rings (SSSR count). The number of carbonyl (C=O) groups is 1. The van der Waals surface area contributed by atoms with Crippen molar-refractivity contribution < 1.29 is 4.79 Å². The number of nitrogens with two attached hydrogens (primary N) is 1. The molecular formula is C15H22N4O. The summed E-state index contributed by atoms with van der Waals surface area (Å²) >= 11 is 0. The molecule has 0 saturated heterocycles. The SMILES string of the molecule is CCC.CCNC(=O)Nc1ccc2cc(N)ccc2n1. The zero-order valence-electron chi connectivity index (χ0n) is 12.2. The summed E-state index contributed by atoms with van der Waals surface area (Å²) in [7, 11) is 0. The number of hydrogen-bond acceptors (Lipinski definition) is 3. The third-order valence-corrected chi connectivity index (χ3v) is 2.29. The molecule has 0 aliphatic carbocycles. The van der Waals surface area contributed by atoms with Crippen molar-refractivity contribution in [3.8, 4) is 0 Å². The van der Waals surface area contributed by atoms with E-state index >= 15 is 0 Å². The van der Waals surface area contributed by atoms with Crippen LogP contribution in [0.5, 0.6) is 0 Å². The third-order valence-electron chi connectivity index (χ3n) is 2.29. The molecule has 108 valence electrons. The molecule has 5 heteroatoms. The molecule has 0 spiro atoms. The minimum atomic E-state index is -0.255. The number of nitrogens with one attached hydrogen (secondary N) is 2. The van der Waals surface area contributed by atoms with Gasteiger partial charge in [-0.25, -0.2) is 9.78 Å². The lowest BCUT2D eigenvalue weighted by atomic mass is 10.2. The van der Waals surface area contributed by atoms with E-state index in [0.717, 1.165) is 10.9 Å². The van der Waals surface area contributed by atoms with Gasteiger partial charge in [-0.2, -0.15) is 0 Å². The van der Waals surface area contributed by atoms with E-state index in [9.17, 15) is 4.79 Å². The molecule has 1 heterocycles. The molecule has 0 atom stereocenters. The number of benzene rings is 1. The number of amides is 2. The fourth-order valence-corrected chi connectivity index (χ4v) is 1.53. The minimum absolute atomic E-state index is 0.255. The maximum atomic E-state index is 11.3. The second-order valence-corrected chi connectivity index (χ2v) is 4.34. The van der Waals surface area contributed by atoms with Crippen molar-refractivity contribution >= 4 is 28.4 Å². The van der Waals surface area contributed by atoms with Crippen LogP contribution < -0.4 is 16.4 Å². The Morgan fingerprint density at radius 3 is 2.55 bits per heavy atom. The molecule has 0 saturated carbocycles. The van der Waals surface area contributed by atoms with Gasteiger partial charge in [-0.3, -0.25) is 5.32 Å². The van der Waals surface area contributed by atoms with Crippen molar-refractivity contribution in [2.45, 2.75) is 27.2 Å². The number of rotatable bonds is 2. The number of nitrogen functional groups attached to an aromatic ring is 1. The van der Waals surface area contributed by atoms with Gasteiger partial charge in [-0.05, 0) is 37.3 Å². The molecule has 20 heavy (non-hydrogen) atoms. The molecule has 2 aromatic rings. The molecule has 2 amide bonds. The smallest absolute Gasteiger partial charge is 0.320 e. The van der Waals surface area contributed by atoms with E-state index in [-0.39, 0.29) is 6.03 Å². The zero-order chi connectivity index (χ0) is 15.0. The van der Waals surface area contributed by atoms with Crippen LogP contribution in [0.4, 0.5) is 16.3 Å². The number of fused-ring (bicyclic) bond motifs is 1. The van der Waals surface area contributed by atoms with E-state index in [1.807, 2.05) is 25.1 Å². The standard InChI is InChI=1S/C12H14N4O.C3H8/c1-2-14-12(17)16-11-6-3-8-7-9(13)4-5-10(8)15-11;1-3-2/h3-7H,2,13H2,1H3,(H2,14,15,16,17);3H2,1-2H3. The van der Waals surface area contributed by atoms with Gasteiger partial charge >= 0.3 is 6.03 Å². The van der Waals surface area contributed by atoms with E-state index in [1.165, 1.54) is 6.42 Å². The van der Waals surface area contributed by atoms with Crippen LogP contribution in [0.15, 0.2) is 30.3 Å². The summed E-state index contributed by atoms with van der Waals surface area (Å²) in [6.07, 6.45) is 1.25. The Balaban J connectivity index is 0.000000612. The first-order valence-corrected chi connectivity index (χ1v) is 6.81. The van der Waals surface area contributed by atoms with Crippen molar-refractivity contribution in [2.75, 3.05) is 17.6 Å². The highest BCUT2D eigenvalue weighted by atomic mass is 16.2. The molecule has 0 unspecified atom stereocenters. The maximum Gasteiger partial charge on any atom is 0.320 e. The monoisotopic (exact) mass is 274 g/mol. The first kappa shape index (κ1) is 15.8. The fourth-order valence-electron chi connectivity index (χ4n) is 1.53. The van der Waals surface area contributed by atoms with E-state index < -0.39 is 0 Å². The summed E-state index contributed by atoms with van der Waals surface area (Å²) in [6, 6.07) is 8.82. The van der Waals surface area contributed by atoms with E-state index in [1.54, 1.807) is 12.1 Å². The van der Waals surface area contributed by atoms with Gasteiger partial charge in [0.05, 0.1) is 5.52 Å². The Kier molecular flexibility index (Phi) is 6.29. The van der Waals surface area contributed by atoms with Crippen LogP contribution in [0.1, 0.15) is 27.2 Å². The Morgan fingerprint density at radius 2 is 1.90 bits per heavy atom. The van der Waals surface area contributed by atoms with Crippen LogP contribution in [-0.4, -0.2) is 17.6 Å². The summed E-state index contributed by atoms with van der Waals surface area (Å²) in [5.74, 6) is 0.522. The van der Waals surface area contributed by atoms with Gasteiger partial charge in [0.1, 0.15) is 5.82 Å². The Hall–Kier alpha value is -2.30. The predicted octanol–water partition coefficient (Wildman–Crippen LogP) is 3.37. The van der Waals surface area contributed by atoms with Crippen molar-refractivity contribution in [3.05, 3.63) is 30.3 Å². The second-order valence-electron chi connectivity index (χ2n) is 4.34. The summed E-state index contributed by atoms with van der Waals surface area (Å²) in [6.45, 7) is 6.69. The van der Waals surface area contributed by atoms with E-state index in [4.69, 9.17) is 5.73 Å². The Labute approximate surface area is 119 Å². The normalized spacial score (nSPS) is 9.55. The largest absolute Gasteiger partial charge is 0.399 e. The summed E-state index contributed by atoms with van der Waals surface area (Å²) < 4.78 is 0. The van der Waals surface area contributed by atoms with Crippen LogP contribution in [0.25, 0.3) is 10.9 Å². The second kappa shape index (κ2) is 7.99. The molecule has 4 N–H and O–H groups in total. The van der Waals surface area contributed by atoms with Crippen LogP contribution in [0.3, 0.4) is 0 Å². The van der Waals surface area contributed by atoms with Crippen LogP contribution in [-0.2, 0) is 0 Å². The molecule has 1 aromatic carbocycles. The molecule has 0 fully saturated rings. The van der Waals surface area contributed by atoms with Crippen molar-refractivity contribution in [2.24, 2.45) is 0 Å². The highest BCUT2D eigenvalue weighted by molar-refractivity contribution is 5.90. The minimum Gasteiger partial charge on any atom is -0.399 e. The quantitative estimate of drug-likeness (QED) is 0.734. The number of carbonyl (C=O) groups excluding carboxylic acids is 1. The topological polar surface area (TPSA) is 80.0 Å². The van der Waals surface area contributed by atoms with Crippen molar-refractivity contribution in [1.29, 1.82) is 0 Å². The lowest BCUT2D eigenvalue weighted by Crippen LogP contribution is -2.28. The summed E-state index contributed by atoms with van der Waals surface area (Å²) in [5, 5.41) is 6.25. The molecule has 1 aromatic heterocycles. The van der Waals surface area contributed by atoms with Crippen LogP contribution in [0, 0.1) is 0 Å². The number of anilines is 2. The van der Waals surface area contributed by atoms with Crippen LogP contribution >= 0.6 is 0 Å². The van der Waals surface area contributed by atoms with Crippen molar-refractivity contribution in [1.82, 2.24) is 10.3 Å². The number of nitrogens with zero attached hydrogens (tertiary/aromatic N) is 1. The van der Waals surface area contributed by atoms with E-state index in [2.05, 4.69) is 29.5 Å². The maximum absolute atomic E-state index is 11.3. The lowest BCUT2D eigenvalue weighted by Gasteiger charge is -2.06. The molecule has 0 aliphatic rings. The van der Waals surface area contributed by atoms with Gasteiger partial charge < -0.3 is 11.1 Å². The Morgan fingerprint density at radius 1 is 1.20 bits per heavy atom. The number of aromatic nitrogens is 1. The molecular weight excluding hydrogens is 252 g/mol. The lowest BCUT2D eigenvalue weighted by molar-refractivity contribution is 0.252. The van der Waals surface area contributed by atoms with Gasteiger partial charge in [0.15, 0.2) is 0 Å².